The molecule has 1 aliphatic heterocycles. The largest absolute Gasteiger partial charge is 0.364 e. The molecule has 3 atom stereocenters. The van der Waals surface area contributed by atoms with Crippen LogP contribution < -0.4 is 11.1 Å². The van der Waals surface area contributed by atoms with Crippen LogP contribution in [0.5, 0.6) is 0 Å². The number of nitrogens with two attached hydrogens (primary N) is 1. The Labute approximate surface area is 95.3 Å². The van der Waals surface area contributed by atoms with E-state index in [1.807, 2.05) is 13.2 Å². The Morgan fingerprint density at radius 2 is 2.40 bits per heavy atom. The van der Waals surface area contributed by atoms with Crippen LogP contribution in [0.1, 0.15) is 19.8 Å². The van der Waals surface area contributed by atoms with Crippen molar-refractivity contribution in [2.45, 2.75) is 38.0 Å². The molecule has 1 heterocycles. The summed E-state index contributed by atoms with van der Waals surface area (Å²) < 4.78 is 5.51. The third-order valence-corrected chi connectivity index (χ3v) is 3.30. The highest BCUT2D eigenvalue weighted by Crippen LogP contribution is 2.18. The van der Waals surface area contributed by atoms with Gasteiger partial charge < -0.3 is 15.8 Å². The fourth-order valence-electron chi connectivity index (χ4n) is 1.70. The van der Waals surface area contributed by atoms with E-state index in [4.69, 9.17) is 10.5 Å². The summed E-state index contributed by atoms with van der Waals surface area (Å²) in [6, 6.07) is 0.202. The lowest BCUT2D eigenvalue weighted by molar-refractivity contribution is -0.132. The summed E-state index contributed by atoms with van der Waals surface area (Å²) in [4.78, 5) is 11.7. The molecule has 3 N–H and O–H groups in total. The van der Waals surface area contributed by atoms with Crippen molar-refractivity contribution in [3.05, 3.63) is 0 Å². The van der Waals surface area contributed by atoms with Gasteiger partial charge in [-0.1, -0.05) is 0 Å². The molecule has 1 saturated heterocycles. The van der Waals surface area contributed by atoms with Gasteiger partial charge >= 0.3 is 0 Å². The molecule has 1 rings (SSSR count). The molecule has 0 aromatic rings. The highest BCUT2D eigenvalue weighted by Gasteiger charge is 2.30. The summed E-state index contributed by atoms with van der Waals surface area (Å²) in [6.45, 7) is 2.51. The Morgan fingerprint density at radius 3 is 2.93 bits per heavy atom. The smallest absolute Gasteiger partial charge is 0.249 e. The topological polar surface area (TPSA) is 64.4 Å². The van der Waals surface area contributed by atoms with Crippen molar-refractivity contribution in [1.82, 2.24) is 5.32 Å². The zero-order valence-corrected chi connectivity index (χ0v) is 10.2. The minimum atomic E-state index is -0.289. The van der Waals surface area contributed by atoms with E-state index in [2.05, 4.69) is 5.32 Å². The van der Waals surface area contributed by atoms with Crippen molar-refractivity contribution in [2.24, 2.45) is 5.73 Å². The van der Waals surface area contributed by atoms with E-state index < -0.39 is 0 Å². The molecule has 1 aliphatic rings. The van der Waals surface area contributed by atoms with Gasteiger partial charge in [0.15, 0.2) is 0 Å². The molecular weight excluding hydrogens is 212 g/mol. The monoisotopic (exact) mass is 232 g/mol. The number of carbonyl (C=O) groups excluding carboxylic acids is 1. The van der Waals surface area contributed by atoms with Gasteiger partial charge in [-0.25, -0.2) is 0 Å². The van der Waals surface area contributed by atoms with Crippen LogP contribution in [0.3, 0.4) is 0 Å². The maximum Gasteiger partial charge on any atom is 0.249 e. The zero-order valence-electron chi connectivity index (χ0n) is 9.36. The summed E-state index contributed by atoms with van der Waals surface area (Å²) in [6.07, 6.45) is 3.49. The summed E-state index contributed by atoms with van der Waals surface area (Å²) in [7, 11) is 0. The minimum absolute atomic E-state index is 0.00694. The Bertz CT molecular complexity index is 214. The second kappa shape index (κ2) is 6.35. The van der Waals surface area contributed by atoms with Crippen LogP contribution in [0.2, 0.25) is 0 Å². The van der Waals surface area contributed by atoms with Crippen molar-refractivity contribution in [2.75, 3.05) is 18.6 Å². The van der Waals surface area contributed by atoms with E-state index in [1.165, 1.54) is 0 Å². The molecule has 0 radical (unpaired) electrons. The van der Waals surface area contributed by atoms with Crippen molar-refractivity contribution in [3.8, 4) is 0 Å². The van der Waals surface area contributed by atoms with Crippen LogP contribution in [0.25, 0.3) is 0 Å². The van der Waals surface area contributed by atoms with Gasteiger partial charge in [0.1, 0.15) is 6.10 Å². The number of rotatable bonds is 5. The standard InChI is InChI=1S/C10H20N2O2S/c1-7(6-15-2)12-10(13)9-4-3-8(5-11)14-9/h7-9H,3-6,11H2,1-2H3,(H,12,13)/t7?,8-,9+/m1/s1. The van der Waals surface area contributed by atoms with Crippen LogP contribution in [0.4, 0.5) is 0 Å². The molecule has 1 fully saturated rings. The van der Waals surface area contributed by atoms with E-state index in [-0.39, 0.29) is 24.2 Å². The summed E-state index contributed by atoms with van der Waals surface area (Å²) in [5, 5.41) is 2.94. The van der Waals surface area contributed by atoms with E-state index in [9.17, 15) is 4.79 Å². The van der Waals surface area contributed by atoms with Crippen molar-refractivity contribution in [1.29, 1.82) is 0 Å². The second-order valence-corrected chi connectivity index (χ2v) is 4.84. The molecule has 15 heavy (non-hydrogen) atoms. The van der Waals surface area contributed by atoms with Crippen molar-refractivity contribution >= 4 is 17.7 Å². The van der Waals surface area contributed by atoms with E-state index >= 15 is 0 Å². The average Bonchev–Trinajstić information content (AvgIpc) is 2.66. The van der Waals surface area contributed by atoms with Gasteiger partial charge in [0.2, 0.25) is 5.91 Å². The zero-order chi connectivity index (χ0) is 11.3. The molecule has 1 unspecified atom stereocenters. The Morgan fingerprint density at radius 1 is 1.67 bits per heavy atom. The van der Waals surface area contributed by atoms with Crippen LogP contribution in [-0.2, 0) is 9.53 Å². The number of nitrogens with one attached hydrogen (secondary N) is 1. The summed E-state index contributed by atoms with van der Waals surface area (Å²) >= 11 is 1.72. The predicted octanol–water partition coefficient (Wildman–Crippen LogP) is 0.360. The molecule has 0 bridgehead atoms. The van der Waals surface area contributed by atoms with Gasteiger partial charge in [-0.2, -0.15) is 11.8 Å². The fourth-order valence-corrected chi connectivity index (χ4v) is 2.28. The first-order valence-electron chi connectivity index (χ1n) is 5.32. The number of amides is 1. The molecule has 0 spiro atoms. The van der Waals surface area contributed by atoms with Gasteiger partial charge in [-0.15, -0.1) is 0 Å². The number of thioether (sulfide) groups is 1. The first kappa shape index (κ1) is 12.8. The lowest BCUT2D eigenvalue weighted by Crippen LogP contribution is -2.41. The summed E-state index contributed by atoms with van der Waals surface area (Å²) in [5.41, 5.74) is 5.49. The normalized spacial score (nSPS) is 27.7. The minimum Gasteiger partial charge on any atom is -0.364 e. The van der Waals surface area contributed by atoms with Crippen LogP contribution in [0, 0.1) is 0 Å². The second-order valence-electron chi connectivity index (χ2n) is 3.92. The van der Waals surface area contributed by atoms with Gasteiger partial charge in [0.05, 0.1) is 6.10 Å². The highest BCUT2D eigenvalue weighted by molar-refractivity contribution is 7.98. The molecule has 5 heteroatoms. The number of ether oxygens (including phenoxy) is 1. The third-order valence-electron chi connectivity index (χ3n) is 2.47. The molecule has 88 valence electrons. The van der Waals surface area contributed by atoms with Gasteiger partial charge in [0.25, 0.3) is 0 Å². The maximum atomic E-state index is 11.7. The Hall–Kier alpha value is -0.260. The molecule has 0 aliphatic carbocycles. The molecule has 0 aromatic carbocycles. The third kappa shape index (κ3) is 4.01. The van der Waals surface area contributed by atoms with Crippen molar-refractivity contribution < 1.29 is 9.53 Å². The van der Waals surface area contributed by atoms with Crippen molar-refractivity contribution in [3.63, 3.8) is 0 Å². The Balaban J connectivity index is 2.29. The first-order valence-corrected chi connectivity index (χ1v) is 6.71. The highest BCUT2D eigenvalue weighted by atomic mass is 32.2. The molecular formula is C10H20N2O2S. The van der Waals surface area contributed by atoms with Gasteiger partial charge in [-0.05, 0) is 26.0 Å². The van der Waals surface area contributed by atoms with Crippen LogP contribution in [-0.4, -0.2) is 42.7 Å². The molecule has 0 aromatic heterocycles. The fraction of sp³-hybridized carbons (Fsp3) is 0.900. The quantitative estimate of drug-likeness (QED) is 0.718. The van der Waals surface area contributed by atoms with Gasteiger partial charge in [0, 0.05) is 18.3 Å². The predicted molar refractivity (Wildman–Crippen MR) is 62.9 cm³/mol. The number of hydrogen-bond donors (Lipinski definition) is 2. The average molecular weight is 232 g/mol. The molecule has 4 nitrogen and oxygen atoms in total. The lowest BCUT2D eigenvalue weighted by atomic mass is 10.2. The molecule has 1 amide bonds. The summed E-state index contributed by atoms with van der Waals surface area (Å²) in [5.74, 6) is 0.936. The lowest BCUT2D eigenvalue weighted by Gasteiger charge is -2.16. The molecule has 0 saturated carbocycles. The number of hydrogen-bond acceptors (Lipinski definition) is 4. The van der Waals surface area contributed by atoms with E-state index in [1.54, 1.807) is 11.8 Å². The van der Waals surface area contributed by atoms with E-state index in [0.717, 1.165) is 18.6 Å². The number of carbonyl (C=O) groups is 1. The van der Waals surface area contributed by atoms with E-state index in [0.29, 0.717) is 6.54 Å². The maximum absolute atomic E-state index is 11.7. The SMILES string of the molecule is CSCC(C)NC(=O)[C@@H]1CC[C@H](CN)O1. The van der Waals surface area contributed by atoms with Crippen LogP contribution in [0.15, 0.2) is 0 Å². The van der Waals surface area contributed by atoms with Gasteiger partial charge in [-0.3, -0.25) is 4.79 Å². The Kier molecular flexibility index (Phi) is 5.42. The first-order chi connectivity index (χ1) is 7.17. The van der Waals surface area contributed by atoms with Crippen LogP contribution >= 0.6 is 11.8 Å².